The average Bonchev–Trinajstić information content (AvgIpc) is 2.99. The zero-order chi connectivity index (χ0) is 17.3. The molecule has 0 spiro atoms. The highest BCUT2D eigenvalue weighted by atomic mass is 16.5. The number of hydrogen-bond donors (Lipinski definition) is 1. The Hall–Kier alpha value is -2.96. The number of rotatable bonds is 3. The average molecular weight is 327 g/mol. The number of imide groups is 1. The molecule has 2 aromatic rings. The third kappa shape index (κ3) is 2.92. The van der Waals surface area contributed by atoms with Crippen LogP contribution in [0.2, 0.25) is 0 Å². The van der Waals surface area contributed by atoms with E-state index in [1.54, 1.807) is 25.1 Å². The first-order valence-corrected chi connectivity index (χ1v) is 7.64. The summed E-state index contributed by atoms with van der Waals surface area (Å²) >= 11 is 0. The van der Waals surface area contributed by atoms with Crippen molar-refractivity contribution < 1.29 is 19.1 Å². The summed E-state index contributed by atoms with van der Waals surface area (Å²) in [4.78, 5) is 41.7. The lowest BCUT2D eigenvalue weighted by molar-refractivity contribution is -0.136. The maximum Gasteiger partial charge on any atom is 0.339 e. The number of carbonyl (C=O) groups excluding carboxylic acids is 3. The molecule has 7 nitrogen and oxygen atoms in total. The molecule has 1 saturated heterocycles. The normalized spacial score (nSPS) is 15.2. The van der Waals surface area contributed by atoms with E-state index in [9.17, 15) is 14.4 Å². The van der Waals surface area contributed by atoms with Crippen molar-refractivity contribution in [1.82, 2.24) is 15.2 Å². The van der Waals surface area contributed by atoms with Gasteiger partial charge in [-0.25, -0.2) is 9.59 Å². The minimum Gasteiger partial charge on any atom is -0.449 e. The van der Waals surface area contributed by atoms with Gasteiger partial charge in [0.25, 0.3) is 5.91 Å². The molecule has 1 unspecified atom stereocenters. The van der Waals surface area contributed by atoms with E-state index in [-0.39, 0.29) is 6.54 Å². The summed E-state index contributed by atoms with van der Waals surface area (Å²) < 4.78 is 5.28. The molecule has 1 atom stereocenters. The third-order valence-corrected chi connectivity index (χ3v) is 3.82. The van der Waals surface area contributed by atoms with Crippen LogP contribution < -0.4 is 5.32 Å². The highest BCUT2D eigenvalue weighted by molar-refractivity contribution is 6.05. The molecule has 3 rings (SSSR count). The van der Waals surface area contributed by atoms with Crippen LogP contribution in [0.1, 0.15) is 23.0 Å². The lowest BCUT2D eigenvalue weighted by Crippen LogP contribution is -2.41. The summed E-state index contributed by atoms with van der Waals surface area (Å²) in [5, 5.41) is 3.20. The molecular weight excluding hydrogens is 310 g/mol. The van der Waals surface area contributed by atoms with E-state index in [0.29, 0.717) is 28.7 Å². The summed E-state index contributed by atoms with van der Waals surface area (Å²) in [6.45, 7) is 3.92. The van der Waals surface area contributed by atoms with Gasteiger partial charge in [0, 0.05) is 24.2 Å². The van der Waals surface area contributed by atoms with Crippen molar-refractivity contribution in [3.8, 4) is 0 Å². The van der Waals surface area contributed by atoms with Crippen LogP contribution in [0, 0.1) is 6.92 Å². The Morgan fingerprint density at radius 1 is 1.33 bits per heavy atom. The van der Waals surface area contributed by atoms with Crippen molar-refractivity contribution in [2.75, 3.05) is 13.1 Å². The van der Waals surface area contributed by atoms with Crippen LogP contribution in [0.25, 0.3) is 10.9 Å². The number of nitrogens with one attached hydrogen (secondary N) is 1. The fourth-order valence-corrected chi connectivity index (χ4v) is 2.65. The van der Waals surface area contributed by atoms with E-state index in [1.165, 1.54) is 6.92 Å². The second-order valence-electron chi connectivity index (χ2n) is 5.60. The molecule has 24 heavy (non-hydrogen) atoms. The van der Waals surface area contributed by atoms with Gasteiger partial charge < -0.3 is 10.1 Å². The predicted octanol–water partition coefficient (Wildman–Crippen LogP) is 1.64. The molecule has 2 heterocycles. The fourth-order valence-electron chi connectivity index (χ4n) is 2.65. The van der Waals surface area contributed by atoms with E-state index < -0.39 is 24.0 Å². The summed E-state index contributed by atoms with van der Waals surface area (Å²) in [5.74, 6) is -1.15. The molecule has 7 heteroatoms. The van der Waals surface area contributed by atoms with Gasteiger partial charge in [-0.3, -0.25) is 14.7 Å². The fraction of sp³-hybridized carbons (Fsp3) is 0.294. The van der Waals surface area contributed by atoms with Crippen LogP contribution in [-0.2, 0) is 9.53 Å². The number of fused-ring (bicyclic) bond motifs is 1. The number of aromatic nitrogens is 1. The van der Waals surface area contributed by atoms with E-state index in [4.69, 9.17) is 4.74 Å². The van der Waals surface area contributed by atoms with Crippen LogP contribution >= 0.6 is 0 Å². The number of pyridine rings is 1. The van der Waals surface area contributed by atoms with E-state index in [2.05, 4.69) is 10.3 Å². The second-order valence-corrected chi connectivity index (χ2v) is 5.60. The van der Waals surface area contributed by atoms with Crippen LogP contribution in [0.4, 0.5) is 4.79 Å². The number of urea groups is 1. The molecular formula is C17H17N3O4. The van der Waals surface area contributed by atoms with Gasteiger partial charge in [0.1, 0.15) is 0 Å². The molecule has 1 aromatic carbocycles. The number of hydrogen-bond acceptors (Lipinski definition) is 5. The monoisotopic (exact) mass is 327 g/mol. The van der Waals surface area contributed by atoms with Gasteiger partial charge in [-0.15, -0.1) is 0 Å². The summed E-state index contributed by atoms with van der Waals surface area (Å²) in [6.07, 6.45) is -1.05. The number of benzene rings is 1. The van der Waals surface area contributed by atoms with Crippen LogP contribution in [0.3, 0.4) is 0 Å². The zero-order valence-corrected chi connectivity index (χ0v) is 13.4. The Bertz CT molecular complexity index is 834. The summed E-state index contributed by atoms with van der Waals surface area (Å²) in [7, 11) is 0. The molecule has 1 aliphatic heterocycles. The molecule has 0 aliphatic carbocycles. The molecule has 0 saturated carbocycles. The van der Waals surface area contributed by atoms with Crippen LogP contribution in [0.15, 0.2) is 30.3 Å². The predicted molar refractivity (Wildman–Crippen MR) is 86.5 cm³/mol. The molecule has 1 fully saturated rings. The van der Waals surface area contributed by atoms with E-state index in [0.717, 1.165) is 4.90 Å². The smallest absolute Gasteiger partial charge is 0.339 e. The molecule has 3 amide bonds. The van der Waals surface area contributed by atoms with Gasteiger partial charge in [-0.2, -0.15) is 0 Å². The Morgan fingerprint density at radius 2 is 2.08 bits per heavy atom. The van der Waals surface area contributed by atoms with Crippen molar-refractivity contribution in [2.45, 2.75) is 20.0 Å². The largest absolute Gasteiger partial charge is 0.449 e. The zero-order valence-electron chi connectivity index (χ0n) is 13.4. The Labute approximate surface area is 138 Å². The molecule has 1 aromatic heterocycles. The molecule has 1 N–H and O–H groups in total. The Balaban J connectivity index is 1.82. The number of esters is 1. The maximum atomic E-state index is 12.5. The van der Waals surface area contributed by atoms with Crippen molar-refractivity contribution in [3.63, 3.8) is 0 Å². The maximum absolute atomic E-state index is 12.5. The van der Waals surface area contributed by atoms with Gasteiger partial charge in [-0.1, -0.05) is 18.2 Å². The summed E-state index contributed by atoms with van der Waals surface area (Å²) in [6, 6.07) is 8.39. The van der Waals surface area contributed by atoms with Crippen molar-refractivity contribution in [3.05, 3.63) is 41.6 Å². The minimum absolute atomic E-state index is 0.275. The Kier molecular flexibility index (Phi) is 4.16. The number of amides is 3. The highest BCUT2D eigenvalue weighted by Gasteiger charge is 2.32. The van der Waals surface area contributed by atoms with Gasteiger partial charge in [0.15, 0.2) is 6.10 Å². The van der Waals surface area contributed by atoms with E-state index >= 15 is 0 Å². The van der Waals surface area contributed by atoms with Crippen molar-refractivity contribution in [1.29, 1.82) is 0 Å². The summed E-state index contributed by atoms with van der Waals surface area (Å²) in [5.41, 5.74) is 1.71. The first-order chi connectivity index (χ1) is 11.5. The lowest BCUT2D eigenvalue weighted by atomic mass is 10.1. The van der Waals surface area contributed by atoms with Crippen LogP contribution in [-0.4, -0.2) is 47.0 Å². The first-order valence-electron chi connectivity index (χ1n) is 7.64. The number of carbonyl (C=O) groups is 3. The quantitative estimate of drug-likeness (QED) is 0.866. The number of ether oxygens (including phenoxy) is 1. The van der Waals surface area contributed by atoms with Gasteiger partial charge >= 0.3 is 12.0 Å². The van der Waals surface area contributed by atoms with Gasteiger partial charge in [0.2, 0.25) is 0 Å². The molecule has 0 bridgehead atoms. The number of nitrogens with zero attached hydrogens (tertiary/aromatic N) is 2. The van der Waals surface area contributed by atoms with E-state index in [1.807, 2.05) is 12.1 Å². The highest BCUT2D eigenvalue weighted by Crippen LogP contribution is 2.20. The second kappa shape index (κ2) is 6.27. The van der Waals surface area contributed by atoms with Crippen molar-refractivity contribution >= 4 is 28.8 Å². The standard InChI is InChI=1S/C17H17N3O4/c1-10-9-13(12-5-3-4-6-14(12)19-10)16(22)24-11(2)15(21)20-8-7-18-17(20)23/h3-6,9,11H,7-8H2,1-2H3,(H,18,23). The molecule has 124 valence electrons. The first kappa shape index (κ1) is 15.9. The Morgan fingerprint density at radius 3 is 2.79 bits per heavy atom. The topological polar surface area (TPSA) is 88.6 Å². The number of aryl methyl sites for hydroxylation is 1. The van der Waals surface area contributed by atoms with Crippen molar-refractivity contribution in [2.24, 2.45) is 0 Å². The number of para-hydroxylation sites is 1. The van der Waals surface area contributed by atoms with Gasteiger partial charge in [-0.05, 0) is 26.0 Å². The third-order valence-electron chi connectivity index (χ3n) is 3.82. The molecule has 0 radical (unpaired) electrons. The SMILES string of the molecule is Cc1cc(C(=O)OC(C)C(=O)N2CCNC2=O)c2ccccc2n1. The molecule has 1 aliphatic rings. The minimum atomic E-state index is -1.05. The van der Waals surface area contributed by atoms with Gasteiger partial charge in [0.05, 0.1) is 11.1 Å². The van der Waals surface area contributed by atoms with Crippen LogP contribution in [0.5, 0.6) is 0 Å². The lowest BCUT2D eigenvalue weighted by Gasteiger charge is -2.18.